The van der Waals surface area contributed by atoms with E-state index in [-0.39, 0.29) is 13.0 Å². The Morgan fingerprint density at radius 3 is 2.86 bits per heavy atom. The Balaban J connectivity index is 1.69. The number of amides is 1. The fourth-order valence-electron chi connectivity index (χ4n) is 1.66. The quantitative estimate of drug-likeness (QED) is 0.835. The predicted molar refractivity (Wildman–Crippen MR) is 78.6 cm³/mol. The number of nitrogens with one attached hydrogen (secondary N) is 1. The van der Waals surface area contributed by atoms with Crippen LogP contribution in [0.4, 0.5) is 10.1 Å². The van der Waals surface area contributed by atoms with Crippen molar-refractivity contribution in [2.75, 3.05) is 11.9 Å². The van der Waals surface area contributed by atoms with Gasteiger partial charge in [-0.15, -0.1) is 0 Å². The molecule has 1 aromatic heterocycles. The van der Waals surface area contributed by atoms with Gasteiger partial charge in [0.05, 0.1) is 0 Å². The van der Waals surface area contributed by atoms with Crippen LogP contribution in [0.1, 0.15) is 12.0 Å². The third kappa shape index (κ3) is 5.35. The number of carbonyl (C=O) groups excluding carboxylic acids is 2. The molecule has 0 aliphatic rings. The molecule has 2 aromatic rings. The maximum Gasteiger partial charge on any atom is 0.306 e. The topological polar surface area (TPSA) is 55.4 Å². The Bertz CT molecular complexity index is 613. The zero-order valence-electron chi connectivity index (χ0n) is 11.2. The maximum atomic E-state index is 12.9. The molecule has 21 heavy (non-hydrogen) atoms. The lowest BCUT2D eigenvalue weighted by Gasteiger charge is -2.06. The number of rotatable bonds is 6. The second kappa shape index (κ2) is 7.54. The van der Waals surface area contributed by atoms with Crippen molar-refractivity contribution in [3.63, 3.8) is 0 Å². The van der Waals surface area contributed by atoms with E-state index < -0.39 is 17.7 Å². The molecular weight excluding hydrogens is 293 g/mol. The summed E-state index contributed by atoms with van der Waals surface area (Å²) in [6, 6.07) is 7.45. The highest BCUT2D eigenvalue weighted by Gasteiger charge is 2.08. The number of hydrogen-bond donors (Lipinski definition) is 1. The molecule has 0 atom stereocenters. The number of ether oxygens (including phenoxy) is 1. The monoisotopic (exact) mass is 307 g/mol. The maximum absolute atomic E-state index is 12.9. The molecule has 1 aromatic carbocycles. The van der Waals surface area contributed by atoms with Crippen LogP contribution < -0.4 is 5.32 Å². The average molecular weight is 307 g/mol. The van der Waals surface area contributed by atoms with Crippen LogP contribution in [0.25, 0.3) is 0 Å². The molecule has 0 unspecified atom stereocenters. The van der Waals surface area contributed by atoms with Crippen LogP contribution in [0.3, 0.4) is 0 Å². The van der Waals surface area contributed by atoms with E-state index in [0.717, 1.165) is 5.56 Å². The van der Waals surface area contributed by atoms with Crippen LogP contribution in [0.15, 0.2) is 41.1 Å². The number of aryl methyl sites for hydroxylation is 1. The summed E-state index contributed by atoms with van der Waals surface area (Å²) in [5.74, 6) is -1.37. The molecule has 0 aliphatic heterocycles. The molecule has 0 spiro atoms. The fourth-order valence-corrected chi connectivity index (χ4v) is 2.37. The lowest BCUT2D eigenvalue weighted by atomic mass is 10.2. The molecule has 1 amide bonds. The van der Waals surface area contributed by atoms with Crippen molar-refractivity contribution in [2.45, 2.75) is 12.8 Å². The van der Waals surface area contributed by atoms with Gasteiger partial charge in [0.1, 0.15) is 5.82 Å². The standard InChI is InChI=1S/C15H14FNO3S/c16-12-2-1-3-13(8-12)17-14(18)9-20-15(19)5-4-11-6-7-21-10-11/h1-3,6-8,10H,4-5,9H2,(H,17,18). The minimum Gasteiger partial charge on any atom is -0.456 e. The van der Waals surface area contributed by atoms with Gasteiger partial charge in [0.15, 0.2) is 6.61 Å². The van der Waals surface area contributed by atoms with Gasteiger partial charge in [0.2, 0.25) is 0 Å². The van der Waals surface area contributed by atoms with Crippen LogP contribution in [0, 0.1) is 5.82 Å². The number of benzene rings is 1. The molecule has 0 radical (unpaired) electrons. The zero-order chi connectivity index (χ0) is 15.1. The second-order valence-electron chi connectivity index (χ2n) is 4.35. The lowest BCUT2D eigenvalue weighted by molar-refractivity contribution is -0.147. The number of halogens is 1. The minimum absolute atomic E-state index is 0.226. The SMILES string of the molecule is O=C(COC(=O)CCc1ccsc1)Nc1cccc(F)c1. The summed E-state index contributed by atoms with van der Waals surface area (Å²) in [4.78, 5) is 23.0. The van der Waals surface area contributed by atoms with Gasteiger partial charge in [-0.1, -0.05) is 6.07 Å². The van der Waals surface area contributed by atoms with E-state index in [1.807, 2.05) is 16.8 Å². The molecule has 0 aliphatic carbocycles. The zero-order valence-corrected chi connectivity index (χ0v) is 12.0. The second-order valence-corrected chi connectivity index (χ2v) is 5.13. The van der Waals surface area contributed by atoms with E-state index in [9.17, 15) is 14.0 Å². The van der Waals surface area contributed by atoms with E-state index in [0.29, 0.717) is 12.1 Å². The van der Waals surface area contributed by atoms with Gasteiger partial charge in [0, 0.05) is 12.1 Å². The fraction of sp³-hybridized carbons (Fsp3) is 0.200. The Labute approximate surface area is 125 Å². The van der Waals surface area contributed by atoms with E-state index in [1.54, 1.807) is 17.4 Å². The summed E-state index contributed by atoms with van der Waals surface area (Å²) in [6.45, 7) is -0.376. The molecule has 6 heteroatoms. The number of anilines is 1. The Morgan fingerprint density at radius 1 is 1.29 bits per heavy atom. The normalized spacial score (nSPS) is 10.1. The van der Waals surface area contributed by atoms with Crippen molar-refractivity contribution in [3.8, 4) is 0 Å². The van der Waals surface area contributed by atoms with Crippen molar-refractivity contribution in [2.24, 2.45) is 0 Å². The first kappa shape index (κ1) is 15.2. The molecule has 0 saturated carbocycles. The van der Waals surface area contributed by atoms with E-state index >= 15 is 0 Å². The smallest absolute Gasteiger partial charge is 0.306 e. The van der Waals surface area contributed by atoms with Gasteiger partial charge in [0.25, 0.3) is 5.91 Å². The summed E-state index contributed by atoms with van der Waals surface area (Å²) < 4.78 is 17.8. The molecule has 0 fully saturated rings. The minimum atomic E-state index is -0.496. The van der Waals surface area contributed by atoms with Crippen molar-refractivity contribution in [1.29, 1.82) is 0 Å². The van der Waals surface area contributed by atoms with Crippen LogP contribution >= 0.6 is 11.3 Å². The van der Waals surface area contributed by atoms with Gasteiger partial charge in [-0.3, -0.25) is 9.59 Å². The van der Waals surface area contributed by atoms with Gasteiger partial charge < -0.3 is 10.1 Å². The summed E-state index contributed by atoms with van der Waals surface area (Å²) in [6.07, 6.45) is 0.817. The molecule has 2 rings (SSSR count). The highest BCUT2D eigenvalue weighted by Crippen LogP contribution is 2.10. The first-order valence-electron chi connectivity index (χ1n) is 6.35. The summed E-state index contributed by atoms with van der Waals surface area (Å²) in [5.41, 5.74) is 1.40. The molecular formula is C15H14FNO3S. The Morgan fingerprint density at radius 2 is 2.14 bits per heavy atom. The van der Waals surface area contributed by atoms with E-state index in [1.165, 1.54) is 18.2 Å². The number of esters is 1. The number of thiophene rings is 1. The van der Waals surface area contributed by atoms with Crippen molar-refractivity contribution >= 4 is 28.9 Å². The first-order valence-corrected chi connectivity index (χ1v) is 7.30. The van der Waals surface area contributed by atoms with Crippen molar-refractivity contribution < 1.29 is 18.7 Å². The molecule has 1 heterocycles. The summed E-state index contributed by atoms with van der Waals surface area (Å²) in [5, 5.41) is 6.35. The van der Waals surface area contributed by atoms with Crippen LogP contribution in [-0.2, 0) is 20.7 Å². The van der Waals surface area contributed by atoms with Crippen LogP contribution in [0.2, 0.25) is 0 Å². The average Bonchev–Trinajstić information content (AvgIpc) is 2.96. The van der Waals surface area contributed by atoms with Gasteiger partial charge in [-0.25, -0.2) is 4.39 Å². The van der Waals surface area contributed by atoms with E-state index in [2.05, 4.69) is 5.32 Å². The van der Waals surface area contributed by atoms with Crippen LogP contribution in [0.5, 0.6) is 0 Å². The van der Waals surface area contributed by atoms with Crippen molar-refractivity contribution in [1.82, 2.24) is 0 Å². The molecule has 4 nitrogen and oxygen atoms in total. The third-order valence-electron chi connectivity index (χ3n) is 2.67. The first-order chi connectivity index (χ1) is 10.1. The van der Waals surface area contributed by atoms with Gasteiger partial charge >= 0.3 is 5.97 Å². The van der Waals surface area contributed by atoms with Gasteiger partial charge in [-0.2, -0.15) is 11.3 Å². The van der Waals surface area contributed by atoms with Gasteiger partial charge in [-0.05, 0) is 47.0 Å². The molecule has 110 valence electrons. The summed E-state index contributed by atoms with van der Waals surface area (Å²) >= 11 is 1.57. The van der Waals surface area contributed by atoms with E-state index in [4.69, 9.17) is 4.74 Å². The predicted octanol–water partition coefficient (Wildman–Crippen LogP) is 3.00. The highest BCUT2D eigenvalue weighted by molar-refractivity contribution is 7.07. The Kier molecular flexibility index (Phi) is 5.45. The number of hydrogen-bond acceptors (Lipinski definition) is 4. The Hall–Kier alpha value is -2.21. The molecule has 0 saturated heterocycles. The largest absolute Gasteiger partial charge is 0.456 e. The number of carbonyl (C=O) groups is 2. The molecule has 1 N–H and O–H groups in total. The van der Waals surface area contributed by atoms with Crippen molar-refractivity contribution in [3.05, 3.63) is 52.5 Å². The highest BCUT2D eigenvalue weighted by atomic mass is 32.1. The van der Waals surface area contributed by atoms with Crippen LogP contribution in [-0.4, -0.2) is 18.5 Å². The molecule has 0 bridgehead atoms. The summed E-state index contributed by atoms with van der Waals surface area (Å²) in [7, 11) is 0. The third-order valence-corrected chi connectivity index (χ3v) is 3.40. The lowest BCUT2D eigenvalue weighted by Crippen LogP contribution is -2.21.